The molecular formula is C8H18O4S. The molecule has 0 aliphatic heterocycles. The third-order valence-electron chi connectivity index (χ3n) is 1.65. The summed E-state index contributed by atoms with van der Waals surface area (Å²) in [5, 5.41) is 0. The van der Waals surface area contributed by atoms with Gasteiger partial charge in [0.25, 0.3) is 10.1 Å². The van der Waals surface area contributed by atoms with Crippen molar-refractivity contribution in [3.63, 3.8) is 0 Å². The smallest absolute Gasteiger partial charge is 0.264 e. The Labute approximate surface area is 80.0 Å². The summed E-state index contributed by atoms with van der Waals surface area (Å²) in [6, 6.07) is 0. The van der Waals surface area contributed by atoms with Crippen LogP contribution < -0.4 is 0 Å². The molecule has 0 aliphatic carbocycles. The zero-order valence-electron chi connectivity index (χ0n) is 8.03. The minimum absolute atomic E-state index is 0.123. The molecule has 13 heavy (non-hydrogen) atoms. The molecule has 0 unspecified atom stereocenters. The molecule has 0 atom stereocenters. The van der Waals surface area contributed by atoms with Crippen LogP contribution in [0.2, 0.25) is 0 Å². The van der Waals surface area contributed by atoms with E-state index in [9.17, 15) is 8.42 Å². The van der Waals surface area contributed by atoms with Crippen molar-refractivity contribution in [2.24, 2.45) is 0 Å². The van der Waals surface area contributed by atoms with Gasteiger partial charge in [-0.05, 0) is 19.8 Å². The molecule has 0 aromatic heterocycles. The number of ether oxygens (including phenoxy) is 1. The zero-order chi connectivity index (χ0) is 10.2. The average molecular weight is 210 g/mol. The van der Waals surface area contributed by atoms with Crippen LogP contribution in [0.3, 0.4) is 0 Å². The summed E-state index contributed by atoms with van der Waals surface area (Å²) in [5.74, 6) is -0.123. The third kappa shape index (κ3) is 11.9. The van der Waals surface area contributed by atoms with Gasteiger partial charge in [-0.15, -0.1) is 0 Å². The van der Waals surface area contributed by atoms with E-state index in [2.05, 4.69) is 0 Å². The quantitative estimate of drug-likeness (QED) is 0.487. The lowest BCUT2D eigenvalue weighted by Gasteiger charge is -2.00. The molecule has 0 fully saturated rings. The molecule has 0 saturated heterocycles. The Morgan fingerprint density at radius 2 is 1.77 bits per heavy atom. The van der Waals surface area contributed by atoms with Crippen LogP contribution >= 0.6 is 0 Å². The Bertz CT molecular complexity index is 198. The zero-order valence-corrected chi connectivity index (χ0v) is 8.85. The van der Waals surface area contributed by atoms with Gasteiger partial charge in [0.2, 0.25) is 0 Å². The van der Waals surface area contributed by atoms with Crippen LogP contribution in [-0.2, 0) is 14.9 Å². The SMILES string of the molecule is CCOCCCCCCS(=O)(=O)O. The van der Waals surface area contributed by atoms with Crippen molar-refractivity contribution in [1.29, 1.82) is 0 Å². The van der Waals surface area contributed by atoms with E-state index in [4.69, 9.17) is 9.29 Å². The van der Waals surface area contributed by atoms with Gasteiger partial charge < -0.3 is 4.74 Å². The first kappa shape index (κ1) is 12.9. The molecule has 0 aliphatic rings. The van der Waals surface area contributed by atoms with E-state index in [-0.39, 0.29) is 5.75 Å². The maximum atomic E-state index is 10.3. The number of hydrogen-bond acceptors (Lipinski definition) is 3. The van der Waals surface area contributed by atoms with Gasteiger partial charge in [0.1, 0.15) is 0 Å². The van der Waals surface area contributed by atoms with E-state index >= 15 is 0 Å². The fourth-order valence-electron chi connectivity index (χ4n) is 0.986. The predicted molar refractivity (Wildman–Crippen MR) is 51.4 cm³/mol. The number of unbranched alkanes of at least 4 members (excludes halogenated alkanes) is 3. The van der Waals surface area contributed by atoms with Gasteiger partial charge in [0, 0.05) is 13.2 Å². The maximum absolute atomic E-state index is 10.3. The van der Waals surface area contributed by atoms with E-state index in [0.717, 1.165) is 32.5 Å². The molecule has 0 saturated carbocycles. The van der Waals surface area contributed by atoms with Gasteiger partial charge in [0.05, 0.1) is 5.75 Å². The Morgan fingerprint density at radius 3 is 2.31 bits per heavy atom. The highest BCUT2D eigenvalue weighted by Gasteiger charge is 2.02. The molecule has 4 nitrogen and oxygen atoms in total. The first-order valence-electron chi connectivity index (χ1n) is 4.59. The van der Waals surface area contributed by atoms with E-state index in [1.165, 1.54) is 0 Å². The van der Waals surface area contributed by atoms with Crippen molar-refractivity contribution >= 4 is 10.1 Å². The van der Waals surface area contributed by atoms with Gasteiger partial charge >= 0.3 is 0 Å². The average Bonchev–Trinajstić information content (AvgIpc) is 2.01. The van der Waals surface area contributed by atoms with Crippen molar-refractivity contribution < 1.29 is 17.7 Å². The fourth-order valence-corrected chi connectivity index (χ4v) is 1.56. The van der Waals surface area contributed by atoms with E-state index in [0.29, 0.717) is 6.42 Å². The molecule has 0 heterocycles. The molecule has 0 aromatic rings. The van der Waals surface area contributed by atoms with Gasteiger partial charge in [-0.3, -0.25) is 4.55 Å². The van der Waals surface area contributed by atoms with E-state index in [1.54, 1.807) is 0 Å². The summed E-state index contributed by atoms with van der Waals surface area (Å²) >= 11 is 0. The normalized spacial score (nSPS) is 11.8. The second-order valence-electron chi connectivity index (χ2n) is 2.90. The largest absolute Gasteiger partial charge is 0.382 e. The van der Waals surface area contributed by atoms with Crippen LogP contribution in [-0.4, -0.2) is 31.9 Å². The molecule has 0 bridgehead atoms. The van der Waals surface area contributed by atoms with E-state index in [1.807, 2.05) is 6.92 Å². The first-order chi connectivity index (χ1) is 6.06. The van der Waals surface area contributed by atoms with Gasteiger partial charge in [-0.2, -0.15) is 8.42 Å². The fraction of sp³-hybridized carbons (Fsp3) is 1.00. The first-order valence-corrected chi connectivity index (χ1v) is 6.20. The minimum Gasteiger partial charge on any atom is -0.382 e. The Morgan fingerprint density at radius 1 is 1.15 bits per heavy atom. The molecule has 1 N–H and O–H groups in total. The molecule has 0 rings (SSSR count). The van der Waals surface area contributed by atoms with Crippen molar-refractivity contribution in [2.75, 3.05) is 19.0 Å². The highest BCUT2D eigenvalue weighted by molar-refractivity contribution is 7.85. The van der Waals surface area contributed by atoms with Crippen LogP contribution in [0, 0.1) is 0 Å². The highest BCUT2D eigenvalue weighted by atomic mass is 32.2. The monoisotopic (exact) mass is 210 g/mol. The van der Waals surface area contributed by atoms with Gasteiger partial charge in [0.15, 0.2) is 0 Å². The lowest BCUT2D eigenvalue weighted by atomic mass is 10.2. The molecular weight excluding hydrogens is 192 g/mol. The maximum Gasteiger partial charge on any atom is 0.264 e. The van der Waals surface area contributed by atoms with Crippen LogP contribution in [0.4, 0.5) is 0 Å². The van der Waals surface area contributed by atoms with E-state index < -0.39 is 10.1 Å². The van der Waals surface area contributed by atoms with Crippen LogP contribution in [0.5, 0.6) is 0 Å². The van der Waals surface area contributed by atoms with Gasteiger partial charge in [-0.25, -0.2) is 0 Å². The van der Waals surface area contributed by atoms with Crippen molar-refractivity contribution in [2.45, 2.75) is 32.6 Å². The third-order valence-corrected chi connectivity index (χ3v) is 2.45. The minimum atomic E-state index is -3.75. The molecule has 80 valence electrons. The second kappa shape index (κ2) is 7.29. The van der Waals surface area contributed by atoms with Crippen LogP contribution in [0.15, 0.2) is 0 Å². The summed E-state index contributed by atoms with van der Waals surface area (Å²) in [6.45, 7) is 3.41. The molecule has 0 spiro atoms. The highest BCUT2D eigenvalue weighted by Crippen LogP contribution is 2.01. The second-order valence-corrected chi connectivity index (χ2v) is 4.47. The van der Waals surface area contributed by atoms with Crippen molar-refractivity contribution in [3.05, 3.63) is 0 Å². The Kier molecular flexibility index (Phi) is 7.22. The van der Waals surface area contributed by atoms with Crippen LogP contribution in [0.25, 0.3) is 0 Å². The molecule has 0 radical (unpaired) electrons. The standard InChI is InChI=1S/C8H18O4S/c1-2-12-7-5-3-4-6-8-13(9,10)11/h2-8H2,1H3,(H,9,10,11). The lowest BCUT2D eigenvalue weighted by molar-refractivity contribution is 0.143. The summed E-state index contributed by atoms with van der Waals surface area (Å²) in [7, 11) is -3.75. The molecule has 5 heteroatoms. The summed E-state index contributed by atoms with van der Waals surface area (Å²) < 4.78 is 34.1. The lowest BCUT2D eigenvalue weighted by Crippen LogP contribution is -2.03. The summed E-state index contributed by atoms with van der Waals surface area (Å²) in [5.41, 5.74) is 0. The Hall–Kier alpha value is -0.130. The topological polar surface area (TPSA) is 63.6 Å². The Balaban J connectivity index is 3.09. The molecule has 0 aromatic carbocycles. The summed E-state index contributed by atoms with van der Waals surface area (Å²) in [4.78, 5) is 0. The number of hydrogen-bond donors (Lipinski definition) is 1. The van der Waals surface area contributed by atoms with Crippen molar-refractivity contribution in [1.82, 2.24) is 0 Å². The predicted octanol–water partition coefficient (Wildman–Crippen LogP) is 1.47. The number of rotatable bonds is 8. The van der Waals surface area contributed by atoms with Crippen LogP contribution in [0.1, 0.15) is 32.6 Å². The summed E-state index contributed by atoms with van der Waals surface area (Å²) in [6.07, 6.45) is 3.27. The van der Waals surface area contributed by atoms with Gasteiger partial charge in [-0.1, -0.05) is 12.8 Å². The molecule has 0 amide bonds. The van der Waals surface area contributed by atoms with Crippen molar-refractivity contribution in [3.8, 4) is 0 Å².